The van der Waals surface area contributed by atoms with Gasteiger partial charge in [-0.1, -0.05) is 114 Å². The van der Waals surface area contributed by atoms with E-state index in [2.05, 4.69) is 47.5 Å². The van der Waals surface area contributed by atoms with Crippen molar-refractivity contribution in [1.82, 2.24) is 47.4 Å². The Balaban J connectivity index is 1.61. The van der Waals surface area contributed by atoms with Gasteiger partial charge in [-0.2, -0.15) is 0 Å². The molecule has 1 heterocycles. The summed E-state index contributed by atoms with van der Waals surface area (Å²) in [6, 6.07) is 10.1. The SMILES string of the molecule is CC(C)C[C@H](NC(=O)[C@@H](CC(=O)OCc1ccccc1)NC(=O)[C@@H](CC(C)C)NC(=O)[C@@H](NC(=O)[C@@H](NC(=O)[C@@H]1CCCN1C(=O)[C@H](CO)NC(=O)OC(C)(C)C)C(C)C)[C@@H](C)O)C(=O)N[C@@H](CCCN=C(N)N)C(=O)N[C@@H](Cc1ccc(O)cc1)C(=O)OCc1ccccc1. The Bertz CT molecular complexity index is 3100. The molecule has 0 aliphatic carbocycles. The van der Waals surface area contributed by atoms with Gasteiger partial charge < -0.3 is 88.4 Å². The standard InChI is InChI=1S/C67H98N12O17/c1-38(2)31-47(57(85)71-46(23-17-29-70-65(68)69)56(84)75-50(33-42-25-27-45(82)28-26-42)64(92)95-37-44-21-15-12-16-22-44)72-59(87)49(34-53(83)94-36-43-19-13-11-14-20-43)73-58(86)48(32-39(3)4)74-62(90)55(41(7)81)78-61(89)54(40(5)6)77-60(88)52-24-18-30-79(52)63(91)51(35-80)76-66(93)96-67(8,9)10/h11-16,19-22,25-28,38-41,46-52,54-55,80-82H,17-18,23-24,29-37H2,1-10H3,(H,71,85)(H,72,87)(H,73,86)(H,74,90)(H,75,84)(H,76,93)(H,77,88)(H,78,89)(H4,68,69,70)/t41-,46+,47+,48-,49-,50+,51+,52+,54+,55+/m1/s1. The van der Waals surface area contributed by atoms with Crippen LogP contribution < -0.4 is 54.0 Å². The summed E-state index contributed by atoms with van der Waals surface area (Å²) in [6.07, 6.45) is -3.13. The van der Waals surface area contributed by atoms with Gasteiger partial charge in [0, 0.05) is 19.5 Å². The predicted octanol–water partition coefficient (Wildman–Crippen LogP) is 1.26. The number of phenolic OH excluding ortho intramolecular Hbond substituents is 1. The first kappa shape index (κ1) is 79.1. The molecular weight excluding hydrogens is 1240 g/mol. The lowest BCUT2D eigenvalue weighted by atomic mass is 9.99. The lowest BCUT2D eigenvalue weighted by Gasteiger charge is -2.31. The monoisotopic (exact) mass is 1340 g/mol. The van der Waals surface area contributed by atoms with E-state index >= 15 is 0 Å². The number of nitrogens with zero attached hydrogens (tertiary/aromatic N) is 2. The number of carbonyl (C=O) groups is 11. The van der Waals surface area contributed by atoms with Crippen molar-refractivity contribution in [2.75, 3.05) is 19.7 Å². The third kappa shape index (κ3) is 27.5. The largest absolute Gasteiger partial charge is 0.508 e. The number of alkyl carbamates (subject to hydrolysis) is 1. The molecule has 1 saturated heterocycles. The Morgan fingerprint density at radius 1 is 0.594 bits per heavy atom. The van der Waals surface area contributed by atoms with Gasteiger partial charge in [0.1, 0.15) is 78.9 Å². The molecule has 9 amide bonds. The zero-order valence-electron chi connectivity index (χ0n) is 56.4. The number of guanidine groups is 1. The summed E-state index contributed by atoms with van der Waals surface area (Å²) in [7, 11) is 0. The van der Waals surface area contributed by atoms with Crippen LogP contribution in [0.3, 0.4) is 0 Å². The van der Waals surface area contributed by atoms with Crippen molar-refractivity contribution in [2.45, 2.75) is 200 Å². The van der Waals surface area contributed by atoms with Crippen LogP contribution in [0.4, 0.5) is 4.79 Å². The predicted molar refractivity (Wildman–Crippen MR) is 353 cm³/mol. The Hall–Kier alpha value is -9.38. The fourth-order valence-corrected chi connectivity index (χ4v) is 10.2. The van der Waals surface area contributed by atoms with E-state index in [1.807, 2.05) is 0 Å². The molecule has 0 aromatic heterocycles. The second-order valence-electron chi connectivity index (χ2n) is 25.9. The maximum atomic E-state index is 14.8. The molecule has 3 aromatic rings. The summed E-state index contributed by atoms with van der Waals surface area (Å²) in [5.74, 6) is -10.7. The molecule has 528 valence electrons. The first-order chi connectivity index (χ1) is 45.2. The number of carbonyl (C=O) groups excluding carboxylic acids is 11. The number of hydrogen-bond acceptors (Lipinski definition) is 18. The number of hydrogen-bond donors (Lipinski definition) is 13. The second-order valence-corrected chi connectivity index (χ2v) is 25.9. The van der Waals surface area contributed by atoms with Crippen LogP contribution in [0, 0.1) is 17.8 Å². The van der Waals surface area contributed by atoms with Crippen molar-refractivity contribution in [1.29, 1.82) is 0 Å². The molecule has 0 unspecified atom stereocenters. The molecule has 96 heavy (non-hydrogen) atoms. The van der Waals surface area contributed by atoms with Crippen molar-refractivity contribution < 1.29 is 82.3 Å². The minimum atomic E-state index is -1.81. The van der Waals surface area contributed by atoms with Crippen LogP contribution in [0.2, 0.25) is 0 Å². The molecule has 0 radical (unpaired) electrons. The van der Waals surface area contributed by atoms with Crippen molar-refractivity contribution in [3.05, 3.63) is 102 Å². The van der Waals surface area contributed by atoms with E-state index in [9.17, 15) is 68.1 Å². The third-order valence-electron chi connectivity index (χ3n) is 15.0. The Morgan fingerprint density at radius 3 is 1.61 bits per heavy atom. The molecule has 4 rings (SSSR count). The molecule has 1 fully saturated rings. The van der Waals surface area contributed by atoms with Crippen molar-refractivity contribution in [3.63, 3.8) is 0 Å². The smallest absolute Gasteiger partial charge is 0.408 e. The van der Waals surface area contributed by atoms with Crippen molar-refractivity contribution >= 4 is 71.2 Å². The average Bonchev–Trinajstić information content (AvgIpc) is 1.44. The summed E-state index contributed by atoms with van der Waals surface area (Å²) < 4.78 is 16.4. The Morgan fingerprint density at radius 2 is 1.09 bits per heavy atom. The topological polar surface area (TPSA) is 440 Å². The highest BCUT2D eigenvalue weighted by Gasteiger charge is 2.42. The molecular formula is C67H98N12O17. The van der Waals surface area contributed by atoms with E-state index < -0.39 is 150 Å². The maximum Gasteiger partial charge on any atom is 0.408 e. The summed E-state index contributed by atoms with van der Waals surface area (Å²) in [6.45, 7) is 15.1. The first-order valence-corrected chi connectivity index (χ1v) is 32.2. The van der Waals surface area contributed by atoms with Crippen LogP contribution in [-0.4, -0.2) is 177 Å². The number of likely N-dealkylation sites (tertiary alicyclic amines) is 1. The van der Waals surface area contributed by atoms with Crippen LogP contribution in [-0.2, 0) is 81.8 Å². The summed E-state index contributed by atoms with van der Waals surface area (Å²) in [5.41, 5.74) is 12.0. The van der Waals surface area contributed by atoms with Crippen LogP contribution in [0.1, 0.15) is 131 Å². The number of aliphatic hydroxyl groups is 2. The minimum absolute atomic E-state index is 0.0241. The number of nitrogens with one attached hydrogen (secondary N) is 8. The fourth-order valence-electron chi connectivity index (χ4n) is 10.2. The van der Waals surface area contributed by atoms with Crippen LogP contribution in [0.5, 0.6) is 5.75 Å². The van der Waals surface area contributed by atoms with E-state index in [1.165, 1.54) is 24.0 Å². The Kier molecular flexibility index (Phi) is 32.0. The molecule has 29 nitrogen and oxygen atoms in total. The van der Waals surface area contributed by atoms with Gasteiger partial charge in [-0.25, -0.2) is 9.59 Å². The van der Waals surface area contributed by atoms with Crippen molar-refractivity contribution in [2.24, 2.45) is 34.2 Å². The van der Waals surface area contributed by atoms with Gasteiger partial charge in [0.25, 0.3) is 0 Å². The minimum Gasteiger partial charge on any atom is -0.508 e. The number of aromatic hydroxyl groups is 1. The van der Waals surface area contributed by atoms with E-state index in [1.54, 1.807) is 135 Å². The van der Waals surface area contributed by atoms with Gasteiger partial charge in [-0.05, 0) is 113 Å². The van der Waals surface area contributed by atoms with Crippen LogP contribution in [0.15, 0.2) is 89.9 Å². The number of amides is 9. The third-order valence-corrected chi connectivity index (χ3v) is 15.0. The summed E-state index contributed by atoms with van der Waals surface area (Å²) >= 11 is 0. The van der Waals surface area contributed by atoms with Gasteiger partial charge in [0.2, 0.25) is 47.3 Å². The quantitative estimate of drug-likeness (QED) is 0.0128. The van der Waals surface area contributed by atoms with E-state index in [0.29, 0.717) is 23.1 Å². The van der Waals surface area contributed by atoms with Gasteiger partial charge in [-0.15, -0.1) is 0 Å². The van der Waals surface area contributed by atoms with E-state index in [-0.39, 0.29) is 88.4 Å². The van der Waals surface area contributed by atoms with Gasteiger partial charge >= 0.3 is 18.0 Å². The van der Waals surface area contributed by atoms with Crippen molar-refractivity contribution in [3.8, 4) is 5.75 Å². The van der Waals surface area contributed by atoms with Gasteiger partial charge in [-0.3, -0.25) is 48.1 Å². The number of aliphatic hydroxyl groups excluding tert-OH is 2. The lowest BCUT2D eigenvalue weighted by Crippen LogP contribution is -2.62. The first-order valence-electron chi connectivity index (χ1n) is 32.2. The number of esters is 2. The van der Waals surface area contributed by atoms with E-state index in [4.69, 9.17) is 25.7 Å². The lowest BCUT2D eigenvalue weighted by molar-refractivity contribution is -0.149. The molecule has 15 N–H and O–H groups in total. The molecule has 0 saturated carbocycles. The molecule has 1 aliphatic heterocycles. The number of aliphatic imine (C=N–C) groups is 1. The fraction of sp³-hybridized carbons (Fsp3) is 0.552. The zero-order chi connectivity index (χ0) is 71.4. The zero-order valence-corrected chi connectivity index (χ0v) is 56.4. The highest BCUT2D eigenvalue weighted by atomic mass is 16.6. The van der Waals surface area contributed by atoms with Crippen LogP contribution >= 0.6 is 0 Å². The molecule has 0 bridgehead atoms. The molecule has 0 spiro atoms. The van der Waals surface area contributed by atoms with E-state index in [0.717, 1.165) is 0 Å². The molecule has 10 atom stereocenters. The number of nitrogens with two attached hydrogens (primary N) is 2. The number of phenols is 1. The molecule has 3 aromatic carbocycles. The average molecular weight is 1340 g/mol. The summed E-state index contributed by atoms with van der Waals surface area (Å²) in [4.78, 5) is 160. The molecule has 29 heteroatoms. The Labute approximate surface area is 560 Å². The number of benzene rings is 3. The normalized spacial score (nSPS) is 15.7. The maximum absolute atomic E-state index is 14.8. The highest BCUT2D eigenvalue weighted by molar-refractivity contribution is 5.99. The number of rotatable bonds is 36. The van der Waals surface area contributed by atoms with Crippen LogP contribution in [0.25, 0.3) is 0 Å². The van der Waals surface area contributed by atoms with Gasteiger partial charge in [0.15, 0.2) is 5.96 Å². The summed E-state index contributed by atoms with van der Waals surface area (Å²) in [5, 5.41) is 51.7. The number of ether oxygens (including phenoxy) is 3. The second kappa shape index (κ2) is 38.9. The van der Waals surface area contributed by atoms with Gasteiger partial charge in [0.05, 0.1) is 19.1 Å². The molecule has 1 aliphatic rings. The highest BCUT2D eigenvalue weighted by Crippen LogP contribution is 2.21.